The number of carbonyl (C=O) groups excluding carboxylic acids is 1. The Morgan fingerprint density at radius 1 is 1.15 bits per heavy atom. The maximum Gasteiger partial charge on any atom is 0.262 e. The molecule has 1 aliphatic heterocycles. The highest BCUT2D eigenvalue weighted by atomic mass is 32.1. The summed E-state index contributed by atoms with van der Waals surface area (Å²) < 4.78 is 7.36. The molecule has 4 aromatic rings. The number of rotatable bonds is 4. The van der Waals surface area contributed by atoms with Gasteiger partial charge in [-0.3, -0.25) is 9.78 Å². The molecule has 0 bridgehead atoms. The number of hydrogen-bond acceptors (Lipinski definition) is 6. The first-order valence-corrected chi connectivity index (χ1v) is 11.3. The molecule has 0 aliphatic carbocycles. The summed E-state index contributed by atoms with van der Waals surface area (Å²) in [6.07, 6.45) is 3.50. The fraction of sp³-hybridized carbons (Fsp3) is 0.120. The Balaban J connectivity index is 1.68. The first-order chi connectivity index (χ1) is 16.1. The van der Waals surface area contributed by atoms with E-state index in [-0.39, 0.29) is 12.5 Å². The number of anilines is 1. The molecular formula is C25H21N5O2S. The van der Waals surface area contributed by atoms with Crippen molar-refractivity contribution in [3.8, 4) is 17.0 Å². The zero-order valence-corrected chi connectivity index (χ0v) is 19.0. The molecule has 1 amide bonds. The molecule has 0 unspecified atom stereocenters. The number of hydrogen-bond donors (Lipinski definition) is 1. The molecule has 1 aliphatic rings. The van der Waals surface area contributed by atoms with Crippen molar-refractivity contribution in [1.82, 2.24) is 9.66 Å². The fourth-order valence-electron chi connectivity index (χ4n) is 3.51. The van der Waals surface area contributed by atoms with Crippen LogP contribution >= 0.6 is 11.3 Å². The number of fused-ring (bicyclic) bond motifs is 1. The molecule has 5 rings (SSSR count). The van der Waals surface area contributed by atoms with Gasteiger partial charge in [-0.1, -0.05) is 18.2 Å². The predicted octanol–water partition coefficient (Wildman–Crippen LogP) is 4.76. The Morgan fingerprint density at radius 3 is 2.79 bits per heavy atom. The highest BCUT2D eigenvalue weighted by molar-refractivity contribution is 7.07. The lowest BCUT2D eigenvalue weighted by Gasteiger charge is -2.18. The summed E-state index contributed by atoms with van der Waals surface area (Å²) in [5, 5.41) is 9.82. The minimum Gasteiger partial charge on any atom is -0.482 e. The van der Waals surface area contributed by atoms with E-state index in [4.69, 9.17) is 14.8 Å². The molecular weight excluding hydrogens is 434 g/mol. The number of benzene rings is 2. The van der Waals surface area contributed by atoms with Crippen molar-refractivity contribution in [3.05, 3.63) is 88.3 Å². The number of nitrogens with zero attached hydrogens (tertiary/aromatic N) is 4. The predicted molar refractivity (Wildman–Crippen MR) is 130 cm³/mol. The van der Waals surface area contributed by atoms with Crippen LogP contribution < -0.4 is 14.9 Å². The van der Waals surface area contributed by atoms with E-state index in [2.05, 4.69) is 10.3 Å². The summed E-state index contributed by atoms with van der Waals surface area (Å²) >= 11 is 1.51. The van der Waals surface area contributed by atoms with E-state index in [9.17, 15) is 4.79 Å². The van der Waals surface area contributed by atoms with E-state index in [0.717, 1.165) is 38.6 Å². The average Bonchev–Trinajstić information content (AvgIpc) is 3.22. The molecule has 33 heavy (non-hydrogen) atoms. The van der Waals surface area contributed by atoms with Crippen molar-refractivity contribution >= 4 is 34.3 Å². The van der Waals surface area contributed by atoms with Crippen molar-refractivity contribution in [2.75, 3.05) is 11.9 Å². The Hall–Kier alpha value is -4.04. The minimum absolute atomic E-state index is 0.0275. The summed E-state index contributed by atoms with van der Waals surface area (Å²) in [5.41, 5.74) is 6.19. The number of nitrogens with one attached hydrogen (secondary N) is 1. The third kappa shape index (κ3) is 4.33. The smallest absolute Gasteiger partial charge is 0.262 e. The third-order valence-corrected chi connectivity index (χ3v) is 6.09. The average molecular weight is 456 g/mol. The van der Waals surface area contributed by atoms with Crippen LogP contribution in [0.4, 0.5) is 11.4 Å². The van der Waals surface area contributed by atoms with Crippen LogP contribution in [-0.2, 0) is 4.79 Å². The van der Waals surface area contributed by atoms with Crippen LogP contribution in [0.5, 0.6) is 5.75 Å². The Bertz CT molecular complexity index is 1440. The van der Waals surface area contributed by atoms with Gasteiger partial charge in [0.05, 0.1) is 22.8 Å². The van der Waals surface area contributed by atoms with Gasteiger partial charge in [-0.25, -0.2) is 9.67 Å². The molecule has 0 saturated heterocycles. The Labute approximate surface area is 194 Å². The van der Waals surface area contributed by atoms with Crippen LogP contribution in [0.15, 0.2) is 82.5 Å². The number of aryl methyl sites for hydroxylation is 1. The maximum atomic E-state index is 11.8. The fourth-order valence-corrected chi connectivity index (χ4v) is 4.35. The highest BCUT2D eigenvalue weighted by Gasteiger charge is 2.18. The molecule has 164 valence electrons. The molecule has 3 heterocycles. The zero-order chi connectivity index (χ0) is 22.8. The second-order valence-corrected chi connectivity index (χ2v) is 8.42. The first kappa shape index (κ1) is 20.8. The highest BCUT2D eigenvalue weighted by Crippen LogP contribution is 2.33. The van der Waals surface area contributed by atoms with Crippen LogP contribution in [0.2, 0.25) is 0 Å². The van der Waals surface area contributed by atoms with E-state index in [1.807, 2.05) is 78.5 Å². The zero-order valence-electron chi connectivity index (χ0n) is 18.1. The quantitative estimate of drug-likeness (QED) is 0.451. The molecule has 2 aromatic carbocycles. The number of aromatic nitrogens is 2. The minimum atomic E-state index is -0.167. The number of para-hydroxylation sites is 1. The van der Waals surface area contributed by atoms with E-state index < -0.39 is 0 Å². The number of carbonyl (C=O) groups is 1. The van der Waals surface area contributed by atoms with Gasteiger partial charge >= 0.3 is 0 Å². The monoisotopic (exact) mass is 455 g/mol. The number of ether oxygens (including phenoxy) is 1. The summed E-state index contributed by atoms with van der Waals surface area (Å²) in [6.45, 7) is 4.03. The molecule has 0 atom stereocenters. The molecule has 7 nitrogen and oxygen atoms in total. The maximum absolute atomic E-state index is 11.8. The Morgan fingerprint density at radius 2 is 1.97 bits per heavy atom. The lowest BCUT2D eigenvalue weighted by molar-refractivity contribution is -0.118. The number of amides is 1. The lowest BCUT2D eigenvalue weighted by atomic mass is 10.1. The van der Waals surface area contributed by atoms with Gasteiger partial charge in [-0.05, 0) is 55.8 Å². The van der Waals surface area contributed by atoms with Crippen molar-refractivity contribution in [2.24, 2.45) is 10.1 Å². The van der Waals surface area contributed by atoms with Crippen LogP contribution in [0, 0.1) is 6.92 Å². The second-order valence-electron chi connectivity index (χ2n) is 7.58. The van der Waals surface area contributed by atoms with E-state index in [1.54, 1.807) is 12.4 Å². The molecule has 1 N–H and O–H groups in total. The van der Waals surface area contributed by atoms with E-state index >= 15 is 0 Å². The van der Waals surface area contributed by atoms with Crippen molar-refractivity contribution in [1.29, 1.82) is 0 Å². The first-order valence-electron chi connectivity index (χ1n) is 10.4. The largest absolute Gasteiger partial charge is 0.482 e. The van der Waals surface area contributed by atoms with Gasteiger partial charge in [-0.15, -0.1) is 11.3 Å². The van der Waals surface area contributed by atoms with Gasteiger partial charge < -0.3 is 10.1 Å². The number of pyridine rings is 1. The molecule has 0 radical (unpaired) electrons. The summed E-state index contributed by atoms with van der Waals surface area (Å²) in [6, 6.07) is 17.6. The third-order valence-electron chi connectivity index (χ3n) is 5.27. The lowest BCUT2D eigenvalue weighted by Crippen LogP contribution is -2.25. The van der Waals surface area contributed by atoms with Gasteiger partial charge in [0.15, 0.2) is 6.61 Å². The normalized spacial score (nSPS) is 13.9. The van der Waals surface area contributed by atoms with Crippen LogP contribution in [-0.4, -0.2) is 27.9 Å². The van der Waals surface area contributed by atoms with Gasteiger partial charge in [0.1, 0.15) is 5.75 Å². The summed E-state index contributed by atoms with van der Waals surface area (Å²) in [5.74, 6) is 0.487. The van der Waals surface area contributed by atoms with Crippen molar-refractivity contribution in [2.45, 2.75) is 13.8 Å². The summed E-state index contributed by atoms with van der Waals surface area (Å²) in [4.78, 5) is 21.5. The Kier molecular flexibility index (Phi) is 5.58. The van der Waals surface area contributed by atoms with Crippen molar-refractivity contribution in [3.63, 3.8) is 0 Å². The van der Waals surface area contributed by atoms with E-state index in [1.165, 1.54) is 11.3 Å². The standard InChI is InChI=1S/C25H21N5O2S/c1-16-5-3-4-6-20(16)28-25-30(29-17(2)18-9-11-26-12-10-18)22(15-33-25)19-7-8-23-21(13-19)27-24(31)14-32-23/h3-13,15H,14H2,1-2H3,(H,27,31). The molecule has 0 saturated carbocycles. The van der Waals surface area contributed by atoms with E-state index in [0.29, 0.717) is 11.4 Å². The van der Waals surface area contributed by atoms with Crippen LogP contribution in [0.1, 0.15) is 18.1 Å². The van der Waals surface area contributed by atoms with Gasteiger partial charge in [0, 0.05) is 28.9 Å². The van der Waals surface area contributed by atoms with Crippen molar-refractivity contribution < 1.29 is 9.53 Å². The topological polar surface area (TPSA) is 80.9 Å². The van der Waals surface area contributed by atoms with Crippen LogP contribution in [0.3, 0.4) is 0 Å². The molecule has 0 fully saturated rings. The van der Waals surface area contributed by atoms with Crippen LogP contribution in [0.25, 0.3) is 11.3 Å². The second kappa shape index (κ2) is 8.84. The van der Waals surface area contributed by atoms with Gasteiger partial charge in [0.2, 0.25) is 4.80 Å². The molecule has 0 spiro atoms. The number of thiazole rings is 1. The molecule has 2 aromatic heterocycles. The summed E-state index contributed by atoms with van der Waals surface area (Å²) in [7, 11) is 0. The van der Waals surface area contributed by atoms with Gasteiger partial charge in [-0.2, -0.15) is 5.10 Å². The van der Waals surface area contributed by atoms with Gasteiger partial charge in [0.25, 0.3) is 5.91 Å². The SMILES string of the molecule is CC(=Nn1c(-c2ccc3c(c2)NC(=O)CO3)csc1=Nc1ccccc1C)c1ccncc1. The molecule has 8 heteroatoms.